The summed E-state index contributed by atoms with van der Waals surface area (Å²) in [6.07, 6.45) is 0.0320. The van der Waals surface area contributed by atoms with E-state index in [1.165, 1.54) is 11.8 Å². The highest BCUT2D eigenvalue weighted by Crippen LogP contribution is 2.24. The molecule has 1 saturated heterocycles. The highest BCUT2D eigenvalue weighted by Gasteiger charge is 2.40. The van der Waals surface area contributed by atoms with Gasteiger partial charge in [-0.05, 0) is 6.42 Å². The summed E-state index contributed by atoms with van der Waals surface area (Å²) < 4.78 is 0. The lowest BCUT2D eigenvalue weighted by molar-refractivity contribution is -0.136. The molecule has 1 aliphatic heterocycles. The van der Waals surface area contributed by atoms with Crippen LogP contribution in [0.2, 0.25) is 0 Å². The first-order chi connectivity index (χ1) is 6.43. The Morgan fingerprint density at radius 1 is 1.50 bits per heavy atom. The molecule has 1 rings (SSSR count). The van der Waals surface area contributed by atoms with Crippen molar-refractivity contribution in [3.63, 3.8) is 0 Å². The van der Waals surface area contributed by atoms with E-state index in [2.05, 4.69) is 0 Å². The first-order valence-electron chi connectivity index (χ1n) is 4.08. The molecule has 0 aromatic rings. The number of carboxylic acids is 1. The lowest BCUT2D eigenvalue weighted by Crippen LogP contribution is -2.42. The Labute approximate surface area is 80.7 Å². The molecule has 0 aromatic heterocycles. The van der Waals surface area contributed by atoms with Crippen molar-refractivity contribution in [3.05, 3.63) is 5.92 Å². The van der Waals surface area contributed by atoms with Crippen LogP contribution in [0, 0.1) is 5.92 Å². The molecule has 14 heavy (non-hydrogen) atoms. The number of aliphatic carboxylic acids is 1. The van der Waals surface area contributed by atoms with E-state index >= 15 is 0 Å². The van der Waals surface area contributed by atoms with Gasteiger partial charge in [0.25, 0.3) is 0 Å². The largest absolute Gasteiger partial charge is 0.481 e. The number of hydrogen-bond donors (Lipinski definition) is 2. The summed E-state index contributed by atoms with van der Waals surface area (Å²) in [5.74, 6) is -1.95. The van der Waals surface area contributed by atoms with Crippen molar-refractivity contribution < 1.29 is 19.5 Å². The zero-order valence-corrected chi connectivity index (χ0v) is 7.69. The molecule has 1 atom stereocenters. The Morgan fingerprint density at radius 2 is 2.07 bits per heavy atom. The van der Waals surface area contributed by atoms with E-state index in [1.54, 1.807) is 0 Å². The number of nitrogens with zero attached hydrogens (tertiary/aromatic N) is 1. The van der Waals surface area contributed by atoms with Crippen LogP contribution in [0.25, 0.3) is 0 Å². The third-order valence-corrected chi connectivity index (χ3v) is 2.21. The number of hydrogen-bond acceptors (Lipinski definition) is 3. The Hall–Kier alpha value is -1.59. The van der Waals surface area contributed by atoms with Crippen LogP contribution in [0.3, 0.4) is 0 Å². The van der Waals surface area contributed by atoms with Crippen LogP contribution < -0.4 is 5.73 Å². The fourth-order valence-electron chi connectivity index (χ4n) is 1.46. The van der Waals surface area contributed by atoms with Crippen molar-refractivity contribution in [1.82, 2.24) is 4.90 Å². The maximum Gasteiger partial charge on any atom is 0.312 e. The molecule has 0 aromatic carbocycles. The van der Waals surface area contributed by atoms with Crippen molar-refractivity contribution in [3.8, 4) is 0 Å². The molecule has 6 nitrogen and oxygen atoms in total. The van der Waals surface area contributed by atoms with Crippen LogP contribution in [0.15, 0.2) is 0 Å². The van der Waals surface area contributed by atoms with Gasteiger partial charge in [-0.2, -0.15) is 0 Å². The highest BCUT2D eigenvalue weighted by molar-refractivity contribution is 5.92. The summed E-state index contributed by atoms with van der Waals surface area (Å²) in [5.41, 5.74) is 5.05. The Kier molecular flexibility index (Phi) is 2.73. The van der Waals surface area contributed by atoms with Crippen LogP contribution in [-0.4, -0.2) is 40.4 Å². The van der Waals surface area contributed by atoms with E-state index in [0.717, 1.165) is 0 Å². The third kappa shape index (κ3) is 1.84. The predicted molar refractivity (Wildman–Crippen MR) is 45.9 cm³/mol. The van der Waals surface area contributed by atoms with Crippen molar-refractivity contribution in [2.24, 2.45) is 5.73 Å². The number of carbonyl (C=O) groups is 3. The van der Waals surface area contributed by atoms with E-state index in [-0.39, 0.29) is 24.8 Å². The van der Waals surface area contributed by atoms with Crippen LogP contribution in [-0.2, 0) is 14.4 Å². The SMILES string of the molecule is CC(=O)N1C[C](C(=O)O)CC1C(N)=O. The van der Waals surface area contributed by atoms with E-state index < -0.39 is 17.9 Å². The van der Waals surface area contributed by atoms with Gasteiger partial charge in [0.1, 0.15) is 12.0 Å². The minimum atomic E-state index is -1.08. The fourth-order valence-corrected chi connectivity index (χ4v) is 1.46. The molecule has 1 fully saturated rings. The van der Waals surface area contributed by atoms with E-state index in [0.29, 0.717) is 0 Å². The zero-order valence-electron chi connectivity index (χ0n) is 7.69. The molecule has 2 amide bonds. The van der Waals surface area contributed by atoms with Gasteiger partial charge in [0.05, 0.1) is 0 Å². The molecule has 0 bridgehead atoms. The van der Waals surface area contributed by atoms with Crippen molar-refractivity contribution >= 4 is 17.8 Å². The average Bonchev–Trinajstić information content (AvgIpc) is 2.47. The molecule has 0 aliphatic carbocycles. The highest BCUT2D eigenvalue weighted by atomic mass is 16.4. The average molecular weight is 199 g/mol. The molecule has 77 valence electrons. The minimum Gasteiger partial charge on any atom is -0.481 e. The lowest BCUT2D eigenvalue weighted by atomic mass is 10.1. The molecule has 3 N–H and O–H groups in total. The van der Waals surface area contributed by atoms with Gasteiger partial charge in [-0.1, -0.05) is 0 Å². The monoisotopic (exact) mass is 199 g/mol. The molecule has 6 heteroatoms. The first kappa shape index (κ1) is 10.5. The summed E-state index contributed by atoms with van der Waals surface area (Å²) >= 11 is 0. The van der Waals surface area contributed by atoms with Gasteiger partial charge in [-0.3, -0.25) is 14.4 Å². The number of likely N-dealkylation sites (tertiary alicyclic amines) is 1. The summed E-state index contributed by atoms with van der Waals surface area (Å²) in [6.45, 7) is 1.26. The van der Waals surface area contributed by atoms with Crippen molar-refractivity contribution in [2.75, 3.05) is 6.54 Å². The molecular weight excluding hydrogens is 188 g/mol. The summed E-state index contributed by atoms with van der Waals surface area (Å²) in [6, 6.07) is -0.807. The normalized spacial score (nSPS) is 22.4. The molecule has 1 aliphatic rings. The summed E-state index contributed by atoms with van der Waals surface area (Å²) in [5, 5.41) is 8.69. The molecule has 0 saturated carbocycles. The van der Waals surface area contributed by atoms with Gasteiger partial charge in [0, 0.05) is 13.5 Å². The maximum absolute atomic E-state index is 11.0. The summed E-state index contributed by atoms with van der Waals surface area (Å²) in [4.78, 5) is 33.7. The number of primary amides is 1. The van der Waals surface area contributed by atoms with E-state index in [1.807, 2.05) is 0 Å². The fraction of sp³-hybridized carbons (Fsp3) is 0.500. The third-order valence-electron chi connectivity index (χ3n) is 2.21. The number of carboxylic acid groups (broad SMARTS) is 1. The van der Waals surface area contributed by atoms with E-state index in [9.17, 15) is 14.4 Å². The molecule has 1 unspecified atom stereocenters. The smallest absolute Gasteiger partial charge is 0.312 e. The number of rotatable bonds is 2. The molecule has 1 radical (unpaired) electrons. The van der Waals surface area contributed by atoms with Gasteiger partial charge in [-0.25, -0.2) is 0 Å². The summed E-state index contributed by atoms with van der Waals surface area (Å²) in [7, 11) is 0. The van der Waals surface area contributed by atoms with Crippen LogP contribution >= 0.6 is 0 Å². The molecular formula is C8H11N2O4. The van der Waals surface area contributed by atoms with Crippen molar-refractivity contribution in [2.45, 2.75) is 19.4 Å². The van der Waals surface area contributed by atoms with Gasteiger partial charge in [0.2, 0.25) is 11.8 Å². The second kappa shape index (κ2) is 3.65. The van der Waals surface area contributed by atoms with Crippen LogP contribution in [0.1, 0.15) is 13.3 Å². The topological polar surface area (TPSA) is 101 Å². The van der Waals surface area contributed by atoms with Gasteiger partial charge in [0.15, 0.2) is 0 Å². The molecule has 1 heterocycles. The van der Waals surface area contributed by atoms with Crippen molar-refractivity contribution in [1.29, 1.82) is 0 Å². The first-order valence-corrected chi connectivity index (χ1v) is 4.08. The van der Waals surface area contributed by atoms with Gasteiger partial charge >= 0.3 is 5.97 Å². The van der Waals surface area contributed by atoms with Crippen LogP contribution in [0.4, 0.5) is 0 Å². The Bertz CT molecular complexity index is 267. The minimum absolute atomic E-state index is 0.0156. The van der Waals surface area contributed by atoms with E-state index in [4.69, 9.17) is 10.8 Å². The van der Waals surface area contributed by atoms with Gasteiger partial charge < -0.3 is 15.7 Å². The molecule has 0 spiro atoms. The Morgan fingerprint density at radius 3 is 2.36 bits per heavy atom. The van der Waals surface area contributed by atoms with Gasteiger partial charge in [-0.15, -0.1) is 0 Å². The number of carbonyl (C=O) groups excluding carboxylic acids is 2. The predicted octanol–water partition coefficient (Wildman–Crippen LogP) is -1.25. The second-order valence-corrected chi connectivity index (χ2v) is 3.18. The zero-order chi connectivity index (χ0) is 10.9. The standard InChI is InChI=1S/C8H11N2O4/c1-4(11)10-3-5(8(13)14)2-6(10)7(9)12/h6H,2-3H2,1H3,(H2,9,12)(H,13,14). The second-order valence-electron chi connectivity index (χ2n) is 3.18. The number of nitrogens with two attached hydrogens (primary N) is 1. The quantitative estimate of drug-likeness (QED) is 0.580. The lowest BCUT2D eigenvalue weighted by Gasteiger charge is -2.19. The Balaban J connectivity index is 2.80. The van der Waals surface area contributed by atoms with Crippen LogP contribution in [0.5, 0.6) is 0 Å². The number of amides is 2. The maximum atomic E-state index is 11.0.